The maximum atomic E-state index is 6.06. The molecule has 4 atom stereocenters. The largest absolute Gasteiger partial charge is 0.378 e. The monoisotopic (exact) mass is 345 g/mol. The Balaban J connectivity index is 1.23. The molecule has 5 saturated carbocycles. The van der Waals surface area contributed by atoms with Gasteiger partial charge in [0.05, 0.1) is 5.60 Å². The van der Waals surface area contributed by atoms with Gasteiger partial charge in [-0.15, -0.1) is 0 Å². The van der Waals surface area contributed by atoms with Gasteiger partial charge in [-0.3, -0.25) is 0 Å². The van der Waals surface area contributed by atoms with Gasteiger partial charge in [-0.25, -0.2) is 0 Å². The molecule has 0 N–H and O–H groups in total. The number of methoxy groups -OCH3 is 1. The molecular formula is C23H39NO. The first-order chi connectivity index (χ1) is 11.8. The van der Waals surface area contributed by atoms with Crippen LogP contribution in [0.1, 0.15) is 72.1 Å². The number of likely N-dealkylation sites (tertiary alicyclic amines) is 1. The van der Waals surface area contributed by atoms with Gasteiger partial charge in [0.2, 0.25) is 0 Å². The zero-order valence-electron chi connectivity index (χ0n) is 17.0. The molecule has 25 heavy (non-hydrogen) atoms. The second-order valence-corrected chi connectivity index (χ2v) is 11.6. The van der Waals surface area contributed by atoms with Crippen LogP contribution in [0.15, 0.2) is 0 Å². The first-order valence-corrected chi connectivity index (χ1v) is 11.1. The Morgan fingerprint density at radius 2 is 1.76 bits per heavy atom. The molecule has 0 amide bonds. The normalized spacial score (nSPS) is 53.5. The molecule has 1 aliphatic heterocycles. The van der Waals surface area contributed by atoms with Gasteiger partial charge in [-0.2, -0.15) is 0 Å². The van der Waals surface area contributed by atoms with Crippen LogP contribution in [-0.2, 0) is 4.74 Å². The third kappa shape index (κ3) is 2.42. The highest BCUT2D eigenvalue weighted by Crippen LogP contribution is 2.61. The minimum Gasteiger partial charge on any atom is -0.378 e. The van der Waals surface area contributed by atoms with Crippen molar-refractivity contribution in [3.05, 3.63) is 0 Å². The zero-order chi connectivity index (χ0) is 17.4. The topological polar surface area (TPSA) is 12.5 Å². The van der Waals surface area contributed by atoms with E-state index in [0.29, 0.717) is 10.8 Å². The number of hydrogen-bond acceptors (Lipinski definition) is 2. The standard InChI is InChI=1S/C23H39NO/c1-21(2)19-5-7-22(21,3)15-24(14-19)8-6-20-17-9-16-10-18(20)13-23(11-16,12-17)25-4/h16-20H,5-15H2,1-4H3/t16?,17?,18?,19-,20?,22-,23?/m0/s1. The van der Waals surface area contributed by atoms with Gasteiger partial charge in [-0.1, -0.05) is 20.8 Å². The lowest BCUT2D eigenvalue weighted by Gasteiger charge is -2.60. The molecule has 0 aromatic heterocycles. The number of rotatable bonds is 4. The minimum atomic E-state index is 0.286. The molecule has 1 saturated heterocycles. The molecule has 6 aliphatic rings. The Labute approximate surface area is 155 Å². The van der Waals surface area contributed by atoms with Gasteiger partial charge in [0.1, 0.15) is 0 Å². The molecule has 1 heterocycles. The van der Waals surface area contributed by atoms with Crippen molar-refractivity contribution in [2.75, 3.05) is 26.7 Å². The molecule has 2 nitrogen and oxygen atoms in total. The molecule has 6 rings (SSSR count). The predicted octanol–water partition coefficient (Wildman–Crippen LogP) is 4.98. The van der Waals surface area contributed by atoms with Crippen LogP contribution in [0, 0.1) is 40.4 Å². The summed E-state index contributed by atoms with van der Waals surface area (Å²) in [4.78, 5) is 2.86. The first kappa shape index (κ1) is 17.0. The van der Waals surface area contributed by atoms with Crippen LogP contribution in [0.2, 0.25) is 0 Å². The summed E-state index contributed by atoms with van der Waals surface area (Å²) < 4.78 is 6.06. The van der Waals surface area contributed by atoms with Crippen LogP contribution in [-0.4, -0.2) is 37.2 Å². The van der Waals surface area contributed by atoms with Crippen molar-refractivity contribution >= 4 is 0 Å². The highest BCUT2D eigenvalue weighted by Gasteiger charge is 2.57. The Hall–Kier alpha value is -0.0800. The maximum absolute atomic E-state index is 6.06. The third-order valence-corrected chi connectivity index (χ3v) is 10.3. The molecule has 6 fully saturated rings. The van der Waals surface area contributed by atoms with Crippen LogP contribution in [0.25, 0.3) is 0 Å². The van der Waals surface area contributed by atoms with E-state index in [1.165, 1.54) is 71.0 Å². The Morgan fingerprint density at radius 3 is 2.40 bits per heavy atom. The van der Waals surface area contributed by atoms with E-state index in [4.69, 9.17) is 4.74 Å². The van der Waals surface area contributed by atoms with Gasteiger partial charge in [-0.05, 0) is 98.3 Å². The number of hydrogen-bond donors (Lipinski definition) is 0. The molecule has 0 spiro atoms. The second kappa shape index (κ2) is 5.47. The highest BCUT2D eigenvalue weighted by atomic mass is 16.5. The fourth-order valence-electron chi connectivity index (χ4n) is 8.42. The van der Waals surface area contributed by atoms with Crippen molar-refractivity contribution in [3.63, 3.8) is 0 Å². The Morgan fingerprint density at radius 1 is 1.04 bits per heavy atom. The molecule has 142 valence electrons. The van der Waals surface area contributed by atoms with Crippen molar-refractivity contribution < 1.29 is 4.74 Å². The molecule has 6 bridgehead atoms. The van der Waals surface area contributed by atoms with Crippen LogP contribution >= 0.6 is 0 Å². The van der Waals surface area contributed by atoms with Crippen molar-refractivity contribution in [1.29, 1.82) is 0 Å². The van der Waals surface area contributed by atoms with Crippen LogP contribution in [0.5, 0.6) is 0 Å². The summed E-state index contributed by atoms with van der Waals surface area (Å²) in [5, 5.41) is 0. The van der Waals surface area contributed by atoms with E-state index in [-0.39, 0.29) is 5.60 Å². The van der Waals surface area contributed by atoms with Crippen molar-refractivity contribution in [3.8, 4) is 0 Å². The predicted molar refractivity (Wildman–Crippen MR) is 102 cm³/mol. The van der Waals surface area contributed by atoms with Gasteiger partial charge in [0.25, 0.3) is 0 Å². The van der Waals surface area contributed by atoms with Gasteiger partial charge < -0.3 is 9.64 Å². The lowest BCUT2D eigenvalue weighted by atomic mass is 9.49. The molecular weight excluding hydrogens is 306 g/mol. The Kier molecular flexibility index (Phi) is 3.73. The lowest BCUT2D eigenvalue weighted by molar-refractivity contribution is -0.171. The minimum absolute atomic E-state index is 0.286. The van der Waals surface area contributed by atoms with Gasteiger partial charge in [0.15, 0.2) is 0 Å². The van der Waals surface area contributed by atoms with E-state index in [1.54, 1.807) is 0 Å². The summed E-state index contributed by atoms with van der Waals surface area (Å²) >= 11 is 0. The fourth-order valence-corrected chi connectivity index (χ4v) is 8.42. The number of piperidine rings is 1. The third-order valence-electron chi connectivity index (χ3n) is 10.3. The molecule has 2 unspecified atom stereocenters. The number of fused-ring (bicyclic) bond motifs is 2. The summed E-state index contributed by atoms with van der Waals surface area (Å²) in [5.74, 6) is 4.86. The molecule has 5 aliphatic carbocycles. The van der Waals surface area contributed by atoms with Crippen molar-refractivity contribution in [2.24, 2.45) is 40.4 Å². The lowest BCUT2D eigenvalue weighted by Crippen LogP contribution is -2.56. The summed E-state index contributed by atoms with van der Waals surface area (Å²) in [6, 6.07) is 0. The quantitative estimate of drug-likeness (QED) is 0.713. The second-order valence-electron chi connectivity index (χ2n) is 11.6. The average molecular weight is 346 g/mol. The van der Waals surface area contributed by atoms with Crippen LogP contribution < -0.4 is 0 Å². The van der Waals surface area contributed by atoms with Gasteiger partial charge >= 0.3 is 0 Å². The van der Waals surface area contributed by atoms with Crippen molar-refractivity contribution in [1.82, 2.24) is 4.90 Å². The molecule has 0 aromatic rings. The smallest absolute Gasteiger partial charge is 0.0687 e. The Bertz CT molecular complexity index is 526. The summed E-state index contributed by atoms with van der Waals surface area (Å²) in [6.45, 7) is 11.8. The fraction of sp³-hybridized carbons (Fsp3) is 1.00. The van der Waals surface area contributed by atoms with Crippen LogP contribution in [0.4, 0.5) is 0 Å². The number of nitrogens with zero attached hydrogens (tertiary/aromatic N) is 1. The van der Waals surface area contributed by atoms with E-state index in [1.807, 2.05) is 7.11 Å². The first-order valence-electron chi connectivity index (χ1n) is 11.1. The summed E-state index contributed by atoms with van der Waals surface area (Å²) in [5.41, 5.74) is 1.39. The van der Waals surface area contributed by atoms with Gasteiger partial charge in [0, 0.05) is 20.2 Å². The highest BCUT2D eigenvalue weighted by molar-refractivity contribution is 5.08. The average Bonchev–Trinajstić information content (AvgIpc) is 2.70. The van der Waals surface area contributed by atoms with Crippen molar-refractivity contribution in [2.45, 2.75) is 77.7 Å². The summed E-state index contributed by atoms with van der Waals surface area (Å²) in [7, 11) is 1.98. The van der Waals surface area contributed by atoms with Crippen LogP contribution in [0.3, 0.4) is 0 Å². The summed E-state index contributed by atoms with van der Waals surface area (Å²) in [6.07, 6.45) is 11.5. The van der Waals surface area contributed by atoms with E-state index in [9.17, 15) is 0 Å². The van der Waals surface area contributed by atoms with E-state index in [2.05, 4.69) is 25.7 Å². The molecule has 2 heteroatoms. The van der Waals surface area contributed by atoms with E-state index >= 15 is 0 Å². The SMILES string of the molecule is COC12CC3CC(C1)C(CCN1C[C@@H]4CC[C@@](C)(C1)C4(C)C)C(C3)C2. The number of ether oxygens (including phenoxy) is 1. The maximum Gasteiger partial charge on any atom is 0.0687 e. The molecule has 0 radical (unpaired) electrons. The van der Waals surface area contributed by atoms with E-state index in [0.717, 1.165) is 29.6 Å². The van der Waals surface area contributed by atoms with E-state index < -0.39 is 0 Å². The molecule has 0 aromatic carbocycles. The zero-order valence-corrected chi connectivity index (χ0v) is 17.0.